The number of carboxylic acid groups (broad SMARTS) is 1. The molecule has 7 nitrogen and oxygen atoms in total. The first kappa shape index (κ1) is 28.5. The molecule has 1 amide bonds. The number of aryl methyl sites for hydroxylation is 1. The number of para-hydroxylation sites is 1. The van der Waals surface area contributed by atoms with Gasteiger partial charge in [0.1, 0.15) is 5.75 Å². The molecule has 0 unspecified atom stereocenters. The lowest BCUT2D eigenvalue weighted by Gasteiger charge is -2.22. The number of halogens is 1. The number of hydrogen-bond acceptors (Lipinski definition) is 5. The summed E-state index contributed by atoms with van der Waals surface area (Å²) in [7, 11) is 3.37. The van der Waals surface area contributed by atoms with Crippen LogP contribution >= 0.6 is 11.6 Å². The Morgan fingerprint density at radius 3 is 2.50 bits per heavy atom. The zero-order valence-corrected chi connectivity index (χ0v) is 22.1. The van der Waals surface area contributed by atoms with E-state index in [0.717, 1.165) is 22.4 Å². The largest absolute Gasteiger partial charge is 0.493 e. The maximum absolute atomic E-state index is 13.7. The number of benzene rings is 2. The summed E-state index contributed by atoms with van der Waals surface area (Å²) in [4.78, 5) is 34.2. The molecule has 0 saturated carbocycles. The molecule has 0 bridgehead atoms. The average molecular weight is 510 g/mol. The standard InChI is InChI=1S/C28H32ClN3O4/c1-18-10-7-8-11-25(18)32(6)28(35)23-15-22(20(3)21(17-30-4)14-19(2)31-5)24(29)16-26(23)36-13-9-12-27(33)34/h7-8,10-11,14-17H,5,9,12-13H2,1-4,6H3,(H,33,34)/b19-14-,21-20-,30-17+. The van der Waals surface area contributed by atoms with Crippen LogP contribution < -0.4 is 9.64 Å². The van der Waals surface area contributed by atoms with Gasteiger partial charge in [-0.15, -0.1) is 0 Å². The maximum atomic E-state index is 13.7. The van der Waals surface area contributed by atoms with E-state index in [1.807, 2.05) is 51.1 Å². The SMILES string of the molecule is C=N\C(C)=C/C(/C=N/C)=C(\C)c1cc(C(=O)N(C)c2ccccc2C)c(OCCCC(=O)O)cc1Cl. The molecule has 0 aliphatic rings. The monoisotopic (exact) mass is 509 g/mol. The molecule has 2 aromatic rings. The fourth-order valence-electron chi connectivity index (χ4n) is 3.57. The fraction of sp³-hybridized carbons (Fsp3) is 0.286. The molecule has 0 atom stereocenters. The van der Waals surface area contributed by atoms with E-state index in [1.54, 1.807) is 37.3 Å². The second kappa shape index (κ2) is 13.4. The number of nitrogens with zero attached hydrogens (tertiary/aromatic N) is 3. The van der Waals surface area contributed by atoms with Crippen molar-refractivity contribution in [2.75, 3.05) is 25.6 Å². The summed E-state index contributed by atoms with van der Waals surface area (Å²) in [5.74, 6) is -0.906. The Morgan fingerprint density at radius 2 is 1.89 bits per heavy atom. The lowest BCUT2D eigenvalue weighted by molar-refractivity contribution is -0.137. The quantitative estimate of drug-likeness (QED) is 0.220. The van der Waals surface area contributed by atoms with Crippen molar-refractivity contribution in [2.24, 2.45) is 9.98 Å². The van der Waals surface area contributed by atoms with E-state index in [0.29, 0.717) is 28.3 Å². The molecular weight excluding hydrogens is 478 g/mol. The number of ether oxygens (including phenoxy) is 1. The average Bonchev–Trinajstić information content (AvgIpc) is 2.85. The predicted molar refractivity (Wildman–Crippen MR) is 148 cm³/mol. The van der Waals surface area contributed by atoms with Gasteiger partial charge in [-0.25, -0.2) is 0 Å². The van der Waals surface area contributed by atoms with E-state index >= 15 is 0 Å². The number of rotatable bonds is 11. The van der Waals surface area contributed by atoms with Gasteiger partial charge in [-0.3, -0.25) is 19.6 Å². The highest BCUT2D eigenvalue weighted by Gasteiger charge is 2.22. The summed E-state index contributed by atoms with van der Waals surface area (Å²) < 4.78 is 5.86. The van der Waals surface area contributed by atoms with Crippen molar-refractivity contribution >= 4 is 47.7 Å². The molecule has 0 heterocycles. The topological polar surface area (TPSA) is 91.6 Å². The van der Waals surface area contributed by atoms with Crippen LogP contribution in [0, 0.1) is 6.92 Å². The molecule has 0 radical (unpaired) electrons. The lowest BCUT2D eigenvalue weighted by atomic mass is 9.98. The number of hydrogen-bond donors (Lipinski definition) is 1. The van der Waals surface area contributed by atoms with Gasteiger partial charge in [0.2, 0.25) is 0 Å². The minimum Gasteiger partial charge on any atom is -0.493 e. The molecule has 2 rings (SSSR count). The smallest absolute Gasteiger partial charge is 0.303 e. The predicted octanol–water partition coefficient (Wildman–Crippen LogP) is 6.25. The third-order valence-electron chi connectivity index (χ3n) is 5.59. The number of aliphatic imine (C=N–C) groups is 2. The Morgan fingerprint density at radius 1 is 1.19 bits per heavy atom. The summed E-state index contributed by atoms with van der Waals surface area (Å²) in [5, 5.41) is 9.31. The zero-order chi connectivity index (χ0) is 26.8. The maximum Gasteiger partial charge on any atom is 0.303 e. The number of carboxylic acids is 1. The van der Waals surface area contributed by atoms with Gasteiger partial charge in [0.05, 0.1) is 17.2 Å². The Balaban J connectivity index is 2.65. The summed E-state index contributed by atoms with van der Waals surface area (Å²) in [6, 6.07) is 10.9. The first-order valence-corrected chi connectivity index (χ1v) is 11.8. The van der Waals surface area contributed by atoms with Crippen LogP contribution in [0.25, 0.3) is 5.57 Å². The second-order valence-corrected chi connectivity index (χ2v) is 8.64. The van der Waals surface area contributed by atoms with Crippen LogP contribution in [0.3, 0.4) is 0 Å². The van der Waals surface area contributed by atoms with Crippen LogP contribution in [0.4, 0.5) is 5.69 Å². The molecular formula is C28H32ClN3O4. The van der Waals surface area contributed by atoms with Gasteiger partial charge in [-0.1, -0.05) is 29.8 Å². The zero-order valence-electron chi connectivity index (χ0n) is 21.3. The molecule has 8 heteroatoms. The van der Waals surface area contributed by atoms with E-state index in [2.05, 4.69) is 16.7 Å². The number of carbonyl (C=O) groups is 2. The van der Waals surface area contributed by atoms with Gasteiger partial charge in [0.25, 0.3) is 5.91 Å². The minimum atomic E-state index is -0.911. The van der Waals surface area contributed by atoms with Crippen molar-refractivity contribution in [3.05, 3.63) is 75.5 Å². The number of anilines is 1. The van der Waals surface area contributed by atoms with Crippen LogP contribution in [-0.2, 0) is 4.79 Å². The van der Waals surface area contributed by atoms with Crippen molar-refractivity contribution in [2.45, 2.75) is 33.6 Å². The van der Waals surface area contributed by atoms with Crippen molar-refractivity contribution in [3.8, 4) is 5.75 Å². The first-order valence-electron chi connectivity index (χ1n) is 11.4. The summed E-state index contributed by atoms with van der Waals surface area (Å²) >= 11 is 6.67. The molecule has 190 valence electrons. The Hall–Kier alpha value is -3.71. The highest BCUT2D eigenvalue weighted by atomic mass is 35.5. The molecule has 2 aromatic carbocycles. The minimum absolute atomic E-state index is 0.0389. The normalized spacial score (nSPS) is 12.3. The van der Waals surface area contributed by atoms with E-state index < -0.39 is 5.97 Å². The molecule has 1 N–H and O–H groups in total. The molecule has 0 aromatic heterocycles. The number of aliphatic carboxylic acids is 1. The van der Waals surface area contributed by atoms with Gasteiger partial charge in [0, 0.05) is 44.2 Å². The third-order valence-corrected chi connectivity index (χ3v) is 5.91. The van der Waals surface area contributed by atoms with Crippen LogP contribution in [0.1, 0.15) is 48.2 Å². The van der Waals surface area contributed by atoms with Crippen molar-refractivity contribution in [1.82, 2.24) is 0 Å². The van der Waals surface area contributed by atoms with Gasteiger partial charge in [-0.2, -0.15) is 0 Å². The van der Waals surface area contributed by atoms with Crippen LogP contribution in [0.15, 0.2) is 63.7 Å². The Bertz CT molecular complexity index is 1230. The van der Waals surface area contributed by atoms with Crippen LogP contribution in [0.2, 0.25) is 5.02 Å². The van der Waals surface area contributed by atoms with Crippen molar-refractivity contribution in [1.29, 1.82) is 0 Å². The Labute approximate surface area is 217 Å². The van der Waals surface area contributed by atoms with E-state index in [1.165, 1.54) is 0 Å². The van der Waals surface area contributed by atoms with Gasteiger partial charge >= 0.3 is 5.97 Å². The van der Waals surface area contributed by atoms with Crippen LogP contribution in [-0.4, -0.2) is 50.6 Å². The lowest BCUT2D eigenvalue weighted by Crippen LogP contribution is -2.27. The van der Waals surface area contributed by atoms with Crippen molar-refractivity contribution < 1.29 is 19.4 Å². The molecule has 0 saturated heterocycles. The van der Waals surface area contributed by atoms with Gasteiger partial charge in [0.15, 0.2) is 0 Å². The molecule has 0 fully saturated rings. The van der Waals surface area contributed by atoms with Gasteiger partial charge < -0.3 is 14.7 Å². The van der Waals surface area contributed by atoms with Crippen molar-refractivity contribution in [3.63, 3.8) is 0 Å². The highest BCUT2D eigenvalue weighted by Crippen LogP contribution is 2.35. The number of allylic oxidation sites excluding steroid dienone is 4. The molecule has 0 aliphatic heterocycles. The second-order valence-electron chi connectivity index (χ2n) is 8.24. The summed E-state index contributed by atoms with van der Waals surface area (Å²) in [6.45, 7) is 9.33. The molecule has 0 aliphatic carbocycles. The summed E-state index contributed by atoms with van der Waals surface area (Å²) in [5.41, 5.74) is 4.92. The van der Waals surface area contributed by atoms with Crippen LogP contribution in [0.5, 0.6) is 5.75 Å². The molecule has 0 spiro atoms. The van der Waals surface area contributed by atoms with E-state index in [-0.39, 0.29) is 24.7 Å². The Kier molecular flexibility index (Phi) is 10.6. The third kappa shape index (κ3) is 7.39. The fourth-order valence-corrected chi connectivity index (χ4v) is 3.87. The number of amides is 1. The number of carbonyl (C=O) groups excluding carboxylic acids is 1. The first-order chi connectivity index (χ1) is 17.1. The van der Waals surface area contributed by atoms with E-state index in [9.17, 15) is 9.59 Å². The highest BCUT2D eigenvalue weighted by molar-refractivity contribution is 6.33. The van der Waals surface area contributed by atoms with Gasteiger partial charge in [-0.05, 0) is 74.4 Å². The van der Waals surface area contributed by atoms with E-state index in [4.69, 9.17) is 21.4 Å². The molecule has 36 heavy (non-hydrogen) atoms. The summed E-state index contributed by atoms with van der Waals surface area (Å²) in [6.07, 6.45) is 3.79.